The van der Waals surface area contributed by atoms with Gasteiger partial charge in [0.1, 0.15) is 11.4 Å². The van der Waals surface area contributed by atoms with Crippen LogP contribution in [0.15, 0.2) is 48.5 Å². The largest absolute Gasteiger partial charge is 0.454 e. The summed E-state index contributed by atoms with van der Waals surface area (Å²) in [5.41, 5.74) is 5.91. The summed E-state index contributed by atoms with van der Waals surface area (Å²) in [6.45, 7) is 0. The van der Waals surface area contributed by atoms with E-state index in [-0.39, 0.29) is 17.1 Å². The van der Waals surface area contributed by atoms with E-state index in [2.05, 4.69) is 15.4 Å². The molecule has 7 heteroatoms. The minimum absolute atomic E-state index is 0.0159. The molecule has 0 atom stereocenters. The lowest BCUT2D eigenvalue weighted by Crippen LogP contribution is -2.12. The number of carbonyl (C=O) groups excluding carboxylic acids is 1. The highest BCUT2D eigenvalue weighted by molar-refractivity contribution is 5.96. The quantitative estimate of drug-likeness (QED) is 0.773. The number of rotatable bonds is 4. The number of halogens is 1. The molecule has 0 bridgehead atoms. The first-order valence-electron chi connectivity index (χ1n) is 6.38. The molecule has 110 valence electrons. The number of aromatic nitrogens is 3. The van der Waals surface area contributed by atoms with Crippen LogP contribution >= 0.6 is 0 Å². The molecule has 0 spiro atoms. The zero-order valence-electron chi connectivity index (χ0n) is 11.3. The lowest BCUT2D eigenvalue weighted by Gasteiger charge is -2.08. The van der Waals surface area contributed by atoms with Crippen LogP contribution in [-0.2, 0) is 0 Å². The van der Waals surface area contributed by atoms with Crippen molar-refractivity contribution in [3.05, 3.63) is 60.0 Å². The highest BCUT2D eigenvalue weighted by atomic mass is 19.1. The molecule has 0 radical (unpaired) electrons. The van der Waals surface area contributed by atoms with Crippen LogP contribution in [0.2, 0.25) is 0 Å². The number of aromatic amines is 1. The summed E-state index contributed by atoms with van der Waals surface area (Å²) in [6.07, 6.45) is 0. The summed E-state index contributed by atoms with van der Waals surface area (Å²) in [4.78, 5) is 11.3. The molecule has 0 saturated carbocycles. The van der Waals surface area contributed by atoms with Crippen LogP contribution in [0, 0.1) is 5.82 Å². The second-order valence-electron chi connectivity index (χ2n) is 4.45. The van der Waals surface area contributed by atoms with Crippen molar-refractivity contribution in [2.45, 2.75) is 0 Å². The molecule has 2 aromatic carbocycles. The Hall–Kier alpha value is -3.22. The number of nitrogens with zero attached hydrogens (tertiary/aromatic N) is 2. The average molecular weight is 298 g/mol. The van der Waals surface area contributed by atoms with Crippen LogP contribution in [0.3, 0.4) is 0 Å². The highest BCUT2D eigenvalue weighted by Crippen LogP contribution is 2.29. The van der Waals surface area contributed by atoms with Gasteiger partial charge in [0.05, 0.1) is 0 Å². The van der Waals surface area contributed by atoms with E-state index in [4.69, 9.17) is 10.5 Å². The van der Waals surface area contributed by atoms with Gasteiger partial charge in [-0.1, -0.05) is 18.2 Å². The van der Waals surface area contributed by atoms with E-state index in [1.807, 2.05) is 6.07 Å². The third-order valence-corrected chi connectivity index (χ3v) is 2.96. The highest BCUT2D eigenvalue weighted by Gasteiger charge is 2.17. The number of para-hydroxylation sites is 1. The molecule has 0 unspecified atom stereocenters. The fraction of sp³-hybridized carbons (Fsp3) is 0. The molecule has 0 aliphatic rings. The third-order valence-electron chi connectivity index (χ3n) is 2.96. The van der Waals surface area contributed by atoms with Gasteiger partial charge in [0, 0.05) is 5.56 Å². The standard InChI is InChI=1S/C15H11FN4O2/c16-11-7-6-9(13-14(15(17)21)19-20-18-13)8-12(11)22-10-4-2-1-3-5-10/h1-8H,(H2,17,21)(H,18,19,20). The molecule has 0 aliphatic carbocycles. The second kappa shape index (κ2) is 5.65. The van der Waals surface area contributed by atoms with Crippen molar-refractivity contribution in [1.29, 1.82) is 0 Å². The summed E-state index contributed by atoms with van der Waals surface area (Å²) in [5.74, 6) is -0.744. The first-order valence-corrected chi connectivity index (χ1v) is 6.38. The van der Waals surface area contributed by atoms with E-state index >= 15 is 0 Å². The predicted molar refractivity (Wildman–Crippen MR) is 76.8 cm³/mol. The van der Waals surface area contributed by atoms with Crippen molar-refractivity contribution >= 4 is 5.91 Å². The van der Waals surface area contributed by atoms with E-state index in [9.17, 15) is 9.18 Å². The van der Waals surface area contributed by atoms with Crippen LogP contribution in [-0.4, -0.2) is 21.3 Å². The van der Waals surface area contributed by atoms with Crippen molar-refractivity contribution < 1.29 is 13.9 Å². The van der Waals surface area contributed by atoms with E-state index in [0.29, 0.717) is 11.3 Å². The van der Waals surface area contributed by atoms with Crippen LogP contribution < -0.4 is 10.5 Å². The van der Waals surface area contributed by atoms with Gasteiger partial charge in [-0.05, 0) is 30.3 Å². The number of hydrogen-bond donors (Lipinski definition) is 2. The fourth-order valence-corrected chi connectivity index (χ4v) is 1.95. The van der Waals surface area contributed by atoms with Gasteiger partial charge in [0.25, 0.3) is 5.91 Å². The van der Waals surface area contributed by atoms with Crippen LogP contribution in [0.25, 0.3) is 11.3 Å². The minimum atomic E-state index is -0.724. The fourth-order valence-electron chi connectivity index (χ4n) is 1.95. The Kier molecular flexibility index (Phi) is 3.53. The number of H-pyrrole nitrogens is 1. The van der Waals surface area contributed by atoms with Crippen molar-refractivity contribution in [1.82, 2.24) is 15.4 Å². The molecular weight excluding hydrogens is 287 g/mol. The Morgan fingerprint density at radius 1 is 1.14 bits per heavy atom. The van der Waals surface area contributed by atoms with Gasteiger partial charge in [0.15, 0.2) is 17.3 Å². The van der Waals surface area contributed by atoms with E-state index < -0.39 is 11.7 Å². The third kappa shape index (κ3) is 2.64. The van der Waals surface area contributed by atoms with Gasteiger partial charge < -0.3 is 10.5 Å². The zero-order chi connectivity index (χ0) is 15.5. The van der Waals surface area contributed by atoms with Crippen molar-refractivity contribution in [2.75, 3.05) is 0 Å². The maximum atomic E-state index is 13.9. The Balaban J connectivity index is 1.99. The van der Waals surface area contributed by atoms with E-state index in [1.165, 1.54) is 18.2 Å². The maximum Gasteiger partial charge on any atom is 0.271 e. The van der Waals surface area contributed by atoms with Crippen molar-refractivity contribution in [3.8, 4) is 22.8 Å². The molecule has 3 aromatic rings. The van der Waals surface area contributed by atoms with Gasteiger partial charge in [-0.2, -0.15) is 15.4 Å². The number of amides is 1. The molecule has 22 heavy (non-hydrogen) atoms. The second-order valence-corrected chi connectivity index (χ2v) is 4.45. The summed E-state index contributed by atoms with van der Waals surface area (Å²) in [7, 11) is 0. The lowest BCUT2D eigenvalue weighted by atomic mass is 10.1. The molecule has 1 heterocycles. The summed E-state index contributed by atoms with van der Waals surface area (Å²) in [5, 5.41) is 9.88. The lowest BCUT2D eigenvalue weighted by molar-refractivity contribution is 0.0996. The van der Waals surface area contributed by atoms with Crippen molar-refractivity contribution in [2.24, 2.45) is 5.73 Å². The normalized spacial score (nSPS) is 10.4. The minimum Gasteiger partial charge on any atom is -0.454 e. The molecule has 0 fully saturated rings. The first kappa shape index (κ1) is 13.7. The Bertz CT molecular complexity index is 817. The Labute approximate surface area is 124 Å². The molecule has 0 saturated heterocycles. The molecule has 6 nitrogen and oxygen atoms in total. The molecule has 0 aliphatic heterocycles. The molecule has 3 rings (SSSR count). The summed E-state index contributed by atoms with van der Waals surface area (Å²) in [6, 6.07) is 12.9. The van der Waals surface area contributed by atoms with Gasteiger partial charge in [-0.25, -0.2) is 4.39 Å². The van der Waals surface area contributed by atoms with Gasteiger partial charge >= 0.3 is 0 Å². The Morgan fingerprint density at radius 3 is 2.64 bits per heavy atom. The number of carbonyl (C=O) groups is 1. The van der Waals surface area contributed by atoms with Crippen LogP contribution in [0.4, 0.5) is 4.39 Å². The molecule has 1 aromatic heterocycles. The smallest absolute Gasteiger partial charge is 0.271 e. The number of nitrogens with one attached hydrogen (secondary N) is 1. The summed E-state index contributed by atoms with van der Waals surface area (Å²) < 4.78 is 19.4. The molecule has 1 amide bonds. The Morgan fingerprint density at radius 2 is 1.91 bits per heavy atom. The van der Waals surface area contributed by atoms with Crippen molar-refractivity contribution in [3.63, 3.8) is 0 Å². The number of hydrogen-bond acceptors (Lipinski definition) is 4. The van der Waals surface area contributed by atoms with E-state index in [1.54, 1.807) is 24.3 Å². The van der Waals surface area contributed by atoms with E-state index in [0.717, 1.165) is 0 Å². The van der Waals surface area contributed by atoms with Crippen LogP contribution in [0.1, 0.15) is 10.5 Å². The van der Waals surface area contributed by atoms with Gasteiger partial charge in [-0.15, -0.1) is 0 Å². The average Bonchev–Trinajstić information content (AvgIpc) is 3.00. The number of benzene rings is 2. The molecular formula is C15H11FN4O2. The number of nitrogens with two attached hydrogens (primary N) is 1. The predicted octanol–water partition coefficient (Wildman–Crippen LogP) is 2.50. The topological polar surface area (TPSA) is 93.9 Å². The SMILES string of the molecule is NC(=O)c1n[nH]nc1-c1ccc(F)c(Oc2ccccc2)c1. The van der Waals surface area contributed by atoms with Gasteiger partial charge in [0.2, 0.25) is 0 Å². The monoisotopic (exact) mass is 298 g/mol. The number of ether oxygens (including phenoxy) is 1. The van der Waals surface area contributed by atoms with Gasteiger partial charge in [-0.3, -0.25) is 4.79 Å². The zero-order valence-corrected chi connectivity index (χ0v) is 11.3. The number of primary amides is 1. The first-order chi connectivity index (χ1) is 10.6. The summed E-state index contributed by atoms with van der Waals surface area (Å²) >= 11 is 0. The maximum absolute atomic E-state index is 13.9. The van der Waals surface area contributed by atoms with Crippen LogP contribution in [0.5, 0.6) is 11.5 Å². The molecule has 3 N–H and O–H groups in total.